The third-order valence-electron chi connectivity index (χ3n) is 3.16. The van der Waals surface area contributed by atoms with Crippen molar-refractivity contribution in [2.45, 2.75) is 25.9 Å². The predicted molar refractivity (Wildman–Crippen MR) is 78.2 cm³/mol. The van der Waals surface area contributed by atoms with Crippen LogP contribution in [-0.2, 0) is 6.54 Å². The van der Waals surface area contributed by atoms with E-state index in [1.165, 1.54) is 0 Å². The van der Waals surface area contributed by atoms with Gasteiger partial charge in [-0.25, -0.2) is 4.98 Å². The molecule has 0 spiro atoms. The number of thiazole rings is 1. The molecule has 0 bridgehead atoms. The normalized spacial score (nSPS) is 12.9. The van der Waals surface area contributed by atoms with Crippen LogP contribution in [0, 0.1) is 0 Å². The Bertz CT molecular complexity index is 612. The van der Waals surface area contributed by atoms with Crippen molar-refractivity contribution in [3.63, 3.8) is 0 Å². The highest BCUT2D eigenvalue weighted by Crippen LogP contribution is 2.22. The molecule has 19 heavy (non-hydrogen) atoms. The van der Waals surface area contributed by atoms with E-state index in [1.54, 1.807) is 11.3 Å². The maximum Gasteiger partial charge on any atom is 0.134 e. The Hall–Kier alpha value is -1.65. The van der Waals surface area contributed by atoms with Crippen LogP contribution in [0.15, 0.2) is 46.3 Å². The predicted octanol–water partition coefficient (Wildman–Crippen LogP) is 4.13. The van der Waals surface area contributed by atoms with E-state index < -0.39 is 0 Å². The van der Waals surface area contributed by atoms with Gasteiger partial charge in [-0.1, -0.05) is 25.1 Å². The molecule has 3 nitrogen and oxygen atoms in total. The lowest BCUT2D eigenvalue weighted by Crippen LogP contribution is -2.19. The topological polar surface area (TPSA) is 38.1 Å². The van der Waals surface area contributed by atoms with E-state index in [4.69, 9.17) is 4.42 Å². The number of benzene rings is 1. The van der Waals surface area contributed by atoms with Crippen molar-refractivity contribution < 1.29 is 4.42 Å². The number of hydrogen-bond donors (Lipinski definition) is 1. The Morgan fingerprint density at radius 2 is 2.26 bits per heavy atom. The van der Waals surface area contributed by atoms with Gasteiger partial charge in [0.15, 0.2) is 0 Å². The van der Waals surface area contributed by atoms with Gasteiger partial charge in [0.2, 0.25) is 0 Å². The maximum absolute atomic E-state index is 5.80. The number of aromatic nitrogens is 1. The molecule has 2 heterocycles. The third kappa shape index (κ3) is 2.69. The lowest BCUT2D eigenvalue weighted by Gasteiger charge is -2.12. The second kappa shape index (κ2) is 5.55. The Morgan fingerprint density at radius 3 is 3.00 bits per heavy atom. The van der Waals surface area contributed by atoms with Gasteiger partial charge in [-0.3, -0.25) is 0 Å². The summed E-state index contributed by atoms with van der Waals surface area (Å²) < 4.78 is 5.80. The Balaban J connectivity index is 1.71. The molecule has 98 valence electrons. The van der Waals surface area contributed by atoms with Crippen LogP contribution < -0.4 is 5.32 Å². The van der Waals surface area contributed by atoms with E-state index in [2.05, 4.69) is 29.4 Å². The quantitative estimate of drug-likeness (QED) is 0.759. The molecule has 0 saturated heterocycles. The van der Waals surface area contributed by atoms with Crippen LogP contribution in [0.3, 0.4) is 0 Å². The first-order valence-electron chi connectivity index (χ1n) is 6.47. The number of rotatable bonds is 5. The Labute approximate surface area is 116 Å². The zero-order chi connectivity index (χ0) is 13.1. The molecule has 0 aliphatic rings. The molecule has 3 aromatic rings. The summed E-state index contributed by atoms with van der Waals surface area (Å²) in [4.78, 5) is 4.37. The smallest absolute Gasteiger partial charge is 0.134 e. The number of fused-ring (bicyclic) bond motifs is 1. The van der Waals surface area contributed by atoms with Crippen molar-refractivity contribution in [1.82, 2.24) is 10.3 Å². The fourth-order valence-electron chi connectivity index (χ4n) is 2.16. The molecule has 0 amide bonds. The average Bonchev–Trinajstić information content (AvgIpc) is 3.08. The van der Waals surface area contributed by atoms with Crippen LogP contribution in [-0.4, -0.2) is 4.98 Å². The number of para-hydroxylation sites is 1. The summed E-state index contributed by atoms with van der Waals surface area (Å²) in [6.07, 6.45) is 2.87. The van der Waals surface area contributed by atoms with Crippen LogP contribution in [0.4, 0.5) is 0 Å². The minimum Gasteiger partial charge on any atom is -0.460 e. The molecule has 0 aliphatic carbocycles. The number of nitrogens with zero attached hydrogens (tertiary/aromatic N) is 1. The summed E-state index contributed by atoms with van der Waals surface area (Å²) in [5.74, 6) is 0.969. The largest absolute Gasteiger partial charge is 0.460 e. The summed E-state index contributed by atoms with van der Waals surface area (Å²) in [7, 11) is 0. The van der Waals surface area contributed by atoms with Gasteiger partial charge >= 0.3 is 0 Å². The van der Waals surface area contributed by atoms with E-state index in [0.717, 1.165) is 34.7 Å². The minimum absolute atomic E-state index is 0.299. The van der Waals surface area contributed by atoms with E-state index in [0.29, 0.717) is 6.04 Å². The Kier molecular flexibility index (Phi) is 3.62. The first-order chi connectivity index (χ1) is 9.36. The van der Waals surface area contributed by atoms with Crippen LogP contribution in [0.25, 0.3) is 11.0 Å². The summed E-state index contributed by atoms with van der Waals surface area (Å²) in [6, 6.07) is 10.5. The zero-order valence-corrected chi connectivity index (χ0v) is 11.6. The lowest BCUT2D eigenvalue weighted by molar-refractivity contribution is 0.458. The first kappa shape index (κ1) is 12.4. The monoisotopic (exact) mass is 272 g/mol. The summed E-state index contributed by atoms with van der Waals surface area (Å²) in [6.45, 7) is 2.89. The molecule has 0 saturated carbocycles. The molecule has 4 heteroatoms. The van der Waals surface area contributed by atoms with Crippen molar-refractivity contribution in [2.75, 3.05) is 0 Å². The lowest BCUT2D eigenvalue weighted by atomic mass is 10.2. The van der Waals surface area contributed by atoms with Crippen LogP contribution in [0.1, 0.15) is 30.2 Å². The van der Waals surface area contributed by atoms with Crippen LogP contribution in [0.2, 0.25) is 0 Å². The van der Waals surface area contributed by atoms with E-state index >= 15 is 0 Å². The fraction of sp³-hybridized carbons (Fsp3) is 0.267. The molecule has 0 aliphatic heterocycles. The van der Waals surface area contributed by atoms with Gasteiger partial charge in [0.1, 0.15) is 16.4 Å². The molecule has 1 atom stereocenters. The second-order valence-corrected chi connectivity index (χ2v) is 5.39. The van der Waals surface area contributed by atoms with Gasteiger partial charge in [-0.2, -0.15) is 0 Å². The van der Waals surface area contributed by atoms with Gasteiger partial charge in [-0.05, 0) is 18.6 Å². The van der Waals surface area contributed by atoms with Crippen molar-refractivity contribution >= 4 is 22.3 Å². The zero-order valence-electron chi connectivity index (χ0n) is 10.8. The molecular weight excluding hydrogens is 256 g/mol. The maximum atomic E-state index is 5.80. The Morgan fingerprint density at radius 1 is 1.37 bits per heavy atom. The number of furan rings is 1. The highest BCUT2D eigenvalue weighted by molar-refractivity contribution is 7.09. The van der Waals surface area contributed by atoms with Gasteiger partial charge in [0, 0.05) is 17.0 Å². The summed E-state index contributed by atoms with van der Waals surface area (Å²) in [5.41, 5.74) is 0.946. The molecular formula is C15H16N2OS. The van der Waals surface area contributed by atoms with Crippen molar-refractivity contribution in [3.05, 3.63) is 52.7 Å². The fourth-order valence-corrected chi connectivity index (χ4v) is 2.96. The van der Waals surface area contributed by atoms with Crippen molar-refractivity contribution in [2.24, 2.45) is 0 Å². The van der Waals surface area contributed by atoms with E-state index in [-0.39, 0.29) is 0 Å². The number of hydrogen-bond acceptors (Lipinski definition) is 4. The second-order valence-electron chi connectivity index (χ2n) is 4.46. The summed E-state index contributed by atoms with van der Waals surface area (Å²) in [5, 5.41) is 7.81. The van der Waals surface area contributed by atoms with E-state index in [1.807, 2.05) is 29.8 Å². The third-order valence-corrected chi connectivity index (χ3v) is 4.05. The van der Waals surface area contributed by atoms with Crippen molar-refractivity contribution in [1.29, 1.82) is 0 Å². The van der Waals surface area contributed by atoms with Gasteiger partial charge < -0.3 is 9.73 Å². The van der Waals surface area contributed by atoms with Gasteiger partial charge in [-0.15, -0.1) is 11.3 Å². The average molecular weight is 272 g/mol. The molecule has 1 unspecified atom stereocenters. The summed E-state index contributed by atoms with van der Waals surface area (Å²) >= 11 is 1.69. The molecule has 1 aromatic carbocycles. The molecule has 1 N–H and O–H groups in total. The SMILES string of the molecule is CCC(NCc1cc2ccccc2o1)c1nccs1. The highest BCUT2D eigenvalue weighted by Gasteiger charge is 2.12. The molecule has 2 aromatic heterocycles. The minimum atomic E-state index is 0.299. The first-order valence-corrected chi connectivity index (χ1v) is 7.35. The van der Waals surface area contributed by atoms with Gasteiger partial charge in [0.25, 0.3) is 0 Å². The van der Waals surface area contributed by atoms with Gasteiger partial charge in [0.05, 0.1) is 12.6 Å². The van der Waals surface area contributed by atoms with Crippen LogP contribution in [0.5, 0.6) is 0 Å². The van der Waals surface area contributed by atoms with E-state index in [9.17, 15) is 0 Å². The number of nitrogens with one attached hydrogen (secondary N) is 1. The van der Waals surface area contributed by atoms with Crippen LogP contribution >= 0.6 is 11.3 Å². The van der Waals surface area contributed by atoms with Crippen molar-refractivity contribution in [3.8, 4) is 0 Å². The molecule has 0 fully saturated rings. The molecule has 0 radical (unpaired) electrons. The highest BCUT2D eigenvalue weighted by atomic mass is 32.1. The molecule has 3 rings (SSSR count). The standard InChI is InChI=1S/C15H16N2OS/c1-2-13(15-16-7-8-19-15)17-10-12-9-11-5-3-4-6-14(11)18-12/h3-9,13,17H,2,10H2,1H3.